The van der Waals surface area contributed by atoms with Crippen molar-refractivity contribution >= 4 is 22.6 Å². The molecule has 154 valence electrons. The lowest BCUT2D eigenvalue weighted by Crippen LogP contribution is -2.16. The Hall–Kier alpha value is -2.20. The van der Waals surface area contributed by atoms with Gasteiger partial charge in [-0.15, -0.1) is 0 Å². The van der Waals surface area contributed by atoms with E-state index in [2.05, 4.69) is 9.84 Å². The van der Waals surface area contributed by atoms with Crippen molar-refractivity contribution in [1.29, 1.82) is 0 Å². The average Bonchev–Trinajstić information content (AvgIpc) is 2.97. The Morgan fingerprint density at radius 3 is 2.54 bits per heavy atom. The summed E-state index contributed by atoms with van der Waals surface area (Å²) in [5.41, 5.74) is 4.88. The maximum absolute atomic E-state index is 13.6. The first kappa shape index (κ1) is 22.1. The number of hydrogen-bond donors (Lipinski definition) is 1. The van der Waals surface area contributed by atoms with Crippen LogP contribution < -0.4 is 5.73 Å². The zero-order chi connectivity index (χ0) is 21.1. The molecule has 2 aromatic rings. The van der Waals surface area contributed by atoms with E-state index < -0.39 is 17.7 Å². The van der Waals surface area contributed by atoms with E-state index in [0.717, 1.165) is 19.2 Å². The van der Waals surface area contributed by atoms with E-state index in [1.54, 1.807) is 6.92 Å². The van der Waals surface area contributed by atoms with Crippen molar-refractivity contribution in [3.05, 3.63) is 35.0 Å². The largest absolute Gasteiger partial charge is 0.465 e. The van der Waals surface area contributed by atoms with Crippen LogP contribution in [0.15, 0.2) is 18.2 Å². The summed E-state index contributed by atoms with van der Waals surface area (Å²) in [7, 11) is 1.24. The molecule has 1 aromatic heterocycles. The van der Waals surface area contributed by atoms with Gasteiger partial charge < -0.3 is 15.2 Å². The first-order valence-corrected chi connectivity index (χ1v) is 10.5. The first-order chi connectivity index (χ1) is 13.0. The number of nitrogen functional groups attached to an aromatic ring is 1. The smallest absolute Gasteiger partial charge is 0.417 e. The first-order valence-electron chi connectivity index (χ1n) is 8.30. The second-order valence-electron chi connectivity index (χ2n) is 6.38. The van der Waals surface area contributed by atoms with Crippen molar-refractivity contribution < 1.29 is 27.4 Å². The summed E-state index contributed by atoms with van der Waals surface area (Å²) in [6.07, 6.45) is -0.597. The summed E-state index contributed by atoms with van der Waals surface area (Å²) < 4.78 is 52.5. The number of halogens is 3. The Morgan fingerprint density at radius 2 is 1.96 bits per heavy atom. The maximum Gasteiger partial charge on any atom is 0.417 e. The second-order valence-corrected chi connectivity index (χ2v) is 8.59. The van der Waals surface area contributed by atoms with E-state index in [1.165, 1.54) is 10.7 Å². The molecule has 0 fully saturated rings. The summed E-state index contributed by atoms with van der Waals surface area (Å²) in [5, 5.41) is 4.27. The van der Waals surface area contributed by atoms with Gasteiger partial charge in [0.2, 0.25) is 5.94 Å². The van der Waals surface area contributed by atoms with Crippen molar-refractivity contribution in [3.63, 3.8) is 0 Å². The number of ether oxygens (including phenoxy) is 2. The van der Waals surface area contributed by atoms with E-state index in [0.29, 0.717) is 18.2 Å². The Balaban J connectivity index is 2.52. The highest BCUT2D eigenvalue weighted by molar-refractivity contribution is 7.95. The molecule has 0 atom stereocenters. The molecule has 0 aliphatic rings. The van der Waals surface area contributed by atoms with Crippen LogP contribution in [-0.2, 0) is 33.1 Å². The van der Waals surface area contributed by atoms with Crippen molar-refractivity contribution in [2.24, 2.45) is 0 Å². The van der Waals surface area contributed by atoms with Crippen LogP contribution in [0.2, 0.25) is 0 Å². The molecule has 28 heavy (non-hydrogen) atoms. The molecular weight excluding hydrogens is 395 g/mol. The fourth-order valence-electron chi connectivity index (χ4n) is 2.66. The molecule has 0 saturated heterocycles. The van der Waals surface area contributed by atoms with E-state index in [1.807, 2.05) is 12.5 Å². The van der Waals surface area contributed by atoms with Crippen LogP contribution in [0.25, 0.3) is 11.3 Å². The van der Waals surface area contributed by atoms with E-state index in [4.69, 9.17) is 10.5 Å². The van der Waals surface area contributed by atoms with Crippen LogP contribution in [-0.4, -0.2) is 47.9 Å². The number of esters is 1. The van der Waals surface area contributed by atoms with Crippen molar-refractivity contribution in [2.45, 2.75) is 19.6 Å². The van der Waals surface area contributed by atoms with Crippen LogP contribution >= 0.6 is 0 Å². The number of nitrogens with zero attached hydrogens (tertiary/aromatic N) is 2. The summed E-state index contributed by atoms with van der Waals surface area (Å²) in [6, 6.07) is 3.39. The lowest BCUT2D eigenvalue weighted by molar-refractivity contribution is -0.137. The molecule has 0 amide bonds. The number of rotatable bonds is 7. The number of carbonyl (C=O) groups excluding carboxylic acids is 1. The van der Waals surface area contributed by atoms with Crippen LogP contribution in [0.5, 0.6) is 0 Å². The van der Waals surface area contributed by atoms with E-state index >= 15 is 0 Å². The topological polar surface area (TPSA) is 79.4 Å². The minimum absolute atomic E-state index is 0.0969. The summed E-state index contributed by atoms with van der Waals surface area (Å²) in [4.78, 5) is 11.9. The van der Waals surface area contributed by atoms with Gasteiger partial charge in [-0.2, -0.15) is 18.3 Å². The number of anilines is 1. The van der Waals surface area contributed by atoms with Crippen molar-refractivity contribution in [1.82, 2.24) is 9.78 Å². The van der Waals surface area contributed by atoms with Gasteiger partial charge in [0.25, 0.3) is 0 Å². The Kier molecular flexibility index (Phi) is 7.00. The third-order valence-corrected chi connectivity index (χ3v) is 4.48. The summed E-state index contributed by atoms with van der Waals surface area (Å²) in [6.45, 7) is 2.26. The van der Waals surface area contributed by atoms with Gasteiger partial charge in [-0.1, -0.05) is 0 Å². The normalized spacial score (nSPS) is 11.9. The van der Waals surface area contributed by atoms with Crippen LogP contribution in [0.3, 0.4) is 0 Å². The minimum Gasteiger partial charge on any atom is -0.465 e. The van der Waals surface area contributed by atoms with Gasteiger partial charge in [-0.3, -0.25) is 4.68 Å². The van der Waals surface area contributed by atoms with E-state index in [9.17, 15) is 18.0 Å². The third-order valence-electron chi connectivity index (χ3n) is 3.84. The van der Waals surface area contributed by atoms with Gasteiger partial charge >= 0.3 is 12.1 Å². The molecule has 6 nitrogen and oxygen atoms in total. The molecule has 10 heteroatoms. The monoisotopic (exact) mass is 418 g/mol. The van der Waals surface area contributed by atoms with Crippen molar-refractivity contribution in [2.75, 3.05) is 37.9 Å². The van der Waals surface area contributed by atoms with Gasteiger partial charge in [0.15, 0.2) is 0 Å². The predicted octanol–water partition coefficient (Wildman–Crippen LogP) is 3.10. The molecule has 0 spiro atoms. The number of nitrogens with two attached hydrogens (primary N) is 1. The Labute approximate surface area is 164 Å². The van der Waals surface area contributed by atoms with E-state index in [-0.39, 0.29) is 39.9 Å². The third kappa shape index (κ3) is 5.20. The van der Waals surface area contributed by atoms with Gasteiger partial charge in [0.05, 0.1) is 55.3 Å². The minimum atomic E-state index is -4.66. The average molecular weight is 418 g/mol. The summed E-state index contributed by atoms with van der Waals surface area (Å²) >= 11 is 0. The highest BCUT2D eigenvalue weighted by atomic mass is 32.2. The lowest BCUT2D eigenvalue weighted by atomic mass is 9.98. The molecule has 2 N–H and O–H groups in total. The zero-order valence-electron chi connectivity index (χ0n) is 16.1. The Morgan fingerprint density at radius 1 is 1.29 bits per heavy atom. The highest BCUT2D eigenvalue weighted by Crippen LogP contribution is 2.40. The fourth-order valence-corrected chi connectivity index (χ4v) is 3.11. The van der Waals surface area contributed by atoms with Crippen LogP contribution in [0.1, 0.15) is 21.6 Å². The number of carbonyl (C=O) groups is 1. The quantitative estimate of drug-likeness (QED) is 0.324. The number of aryl methyl sites for hydroxylation is 1. The van der Waals surface area contributed by atoms with Crippen LogP contribution in [0, 0.1) is 6.92 Å². The molecule has 0 bridgehead atoms. The number of hydrogen-bond acceptors (Lipinski definition) is 5. The number of benzene rings is 1. The molecule has 1 heterocycles. The summed E-state index contributed by atoms with van der Waals surface area (Å²) in [5.74, 6) is -0.242. The number of methoxy groups -OCH3 is 1. The highest BCUT2D eigenvalue weighted by Gasteiger charge is 2.36. The maximum atomic E-state index is 13.6. The molecule has 0 saturated carbocycles. The number of alkyl halides is 3. The Bertz CT molecular complexity index is 851. The molecule has 1 aromatic carbocycles. The second kappa shape index (κ2) is 8.87. The van der Waals surface area contributed by atoms with Gasteiger partial charge in [-0.25, -0.2) is 4.79 Å². The number of aromatic nitrogens is 2. The molecular formula is C18H23F3N3O3S+. The standard InChI is InChI=1S/C18H22F3N3O3S/c1-11-7-16(24(23-11)5-6-27-10-28(3)4)12-8-13(17(25)26-2)15(22)9-14(12)18(19,20)21/h7-9H,5-6,10H2,1-4H3,(H-,22,23,25)/p+1. The molecule has 0 unspecified atom stereocenters. The van der Waals surface area contributed by atoms with Gasteiger partial charge in [-0.05, 0) is 25.1 Å². The lowest BCUT2D eigenvalue weighted by Gasteiger charge is -2.17. The van der Waals surface area contributed by atoms with Crippen LogP contribution in [0.4, 0.5) is 18.9 Å². The fraction of sp³-hybridized carbons (Fsp3) is 0.444. The van der Waals surface area contributed by atoms with Gasteiger partial charge in [0.1, 0.15) is 0 Å². The zero-order valence-corrected chi connectivity index (χ0v) is 16.9. The van der Waals surface area contributed by atoms with Crippen molar-refractivity contribution in [3.8, 4) is 11.3 Å². The molecule has 0 radical (unpaired) electrons. The molecule has 2 rings (SSSR count). The molecule has 0 aliphatic heterocycles. The predicted molar refractivity (Wildman–Crippen MR) is 103 cm³/mol. The van der Waals surface area contributed by atoms with Gasteiger partial charge in [0, 0.05) is 22.1 Å². The SMILES string of the molecule is COC(=O)c1cc(-c2cc(C)nn2CCOC[S+](C)C)c(C(F)(F)F)cc1N. The molecule has 0 aliphatic carbocycles.